The van der Waals surface area contributed by atoms with Gasteiger partial charge in [0.25, 0.3) is 5.91 Å². The zero-order valence-electron chi connectivity index (χ0n) is 21.4. The lowest BCUT2D eigenvalue weighted by Crippen LogP contribution is -2.53. The Morgan fingerprint density at radius 2 is 1.69 bits per heavy atom. The summed E-state index contributed by atoms with van der Waals surface area (Å²) in [5.41, 5.74) is 2.96. The number of benzene rings is 2. The number of fused-ring (bicyclic) bond motifs is 3. The molecule has 2 aromatic rings. The fourth-order valence-corrected chi connectivity index (χ4v) is 5.66. The maximum Gasteiger partial charge on any atom is 0.260 e. The predicted molar refractivity (Wildman–Crippen MR) is 140 cm³/mol. The van der Waals surface area contributed by atoms with Gasteiger partial charge in [0.15, 0.2) is 6.61 Å². The van der Waals surface area contributed by atoms with Gasteiger partial charge in [0.1, 0.15) is 5.75 Å². The molecular formula is C29H39N3O3. The van der Waals surface area contributed by atoms with Crippen molar-refractivity contribution in [3.8, 4) is 5.75 Å². The second-order valence-corrected chi connectivity index (χ2v) is 9.71. The summed E-state index contributed by atoms with van der Waals surface area (Å²) in [7, 11) is 0. The second-order valence-electron chi connectivity index (χ2n) is 9.71. The molecule has 2 aliphatic heterocycles. The highest BCUT2D eigenvalue weighted by Crippen LogP contribution is 2.30. The van der Waals surface area contributed by atoms with E-state index in [1.54, 1.807) is 0 Å². The van der Waals surface area contributed by atoms with E-state index in [2.05, 4.69) is 17.9 Å². The zero-order valence-corrected chi connectivity index (χ0v) is 21.4. The number of carbonyl (C=O) groups excluding carboxylic acids is 2. The third-order valence-electron chi connectivity index (χ3n) is 7.54. The van der Waals surface area contributed by atoms with Crippen LogP contribution in [0, 0.1) is 6.92 Å². The molecule has 0 aromatic heterocycles. The molecule has 0 radical (unpaired) electrons. The van der Waals surface area contributed by atoms with E-state index in [9.17, 15) is 9.59 Å². The number of likely N-dealkylation sites (N-methyl/N-ethyl adjacent to an activating group) is 1. The smallest absolute Gasteiger partial charge is 0.260 e. The number of anilines is 1. The summed E-state index contributed by atoms with van der Waals surface area (Å²) in [6.45, 7) is 8.94. The number of carbonyl (C=O) groups is 2. The van der Waals surface area contributed by atoms with Crippen molar-refractivity contribution < 1.29 is 14.3 Å². The minimum Gasteiger partial charge on any atom is -0.484 e. The van der Waals surface area contributed by atoms with Crippen LogP contribution in [0.1, 0.15) is 57.1 Å². The third kappa shape index (κ3) is 5.87. The monoisotopic (exact) mass is 477 g/mol. The van der Waals surface area contributed by atoms with Gasteiger partial charge in [0, 0.05) is 43.8 Å². The molecule has 2 heterocycles. The van der Waals surface area contributed by atoms with Crippen molar-refractivity contribution in [3.63, 3.8) is 0 Å². The number of ether oxygens (including phenoxy) is 1. The Bertz CT molecular complexity index is 1020. The number of rotatable bonds is 5. The van der Waals surface area contributed by atoms with Crippen LogP contribution in [0.15, 0.2) is 48.5 Å². The van der Waals surface area contributed by atoms with E-state index in [1.165, 1.54) is 0 Å². The van der Waals surface area contributed by atoms with Crippen molar-refractivity contribution in [1.82, 2.24) is 9.80 Å². The third-order valence-corrected chi connectivity index (χ3v) is 7.54. The SMILES string of the molecule is CCC(=O)N1CCC2CCCC(CN(C(=O)COc3ccccc3C)Cc3ccccc31)N2CC. The molecule has 0 spiro atoms. The van der Waals surface area contributed by atoms with Gasteiger partial charge in [0.2, 0.25) is 5.91 Å². The average Bonchev–Trinajstić information content (AvgIpc) is 2.89. The van der Waals surface area contributed by atoms with E-state index in [-0.39, 0.29) is 18.4 Å². The van der Waals surface area contributed by atoms with E-state index in [1.807, 2.05) is 66.1 Å². The zero-order chi connectivity index (χ0) is 24.8. The number of hydrogen-bond donors (Lipinski definition) is 0. The van der Waals surface area contributed by atoms with E-state index < -0.39 is 0 Å². The summed E-state index contributed by atoms with van der Waals surface area (Å²) >= 11 is 0. The highest BCUT2D eigenvalue weighted by molar-refractivity contribution is 5.94. The van der Waals surface area contributed by atoms with E-state index in [0.29, 0.717) is 38.1 Å². The normalized spacial score (nSPS) is 21.1. The summed E-state index contributed by atoms with van der Waals surface area (Å²) in [6, 6.07) is 16.6. The van der Waals surface area contributed by atoms with Crippen LogP contribution in [0.3, 0.4) is 0 Å². The van der Waals surface area contributed by atoms with Crippen LogP contribution in [0.4, 0.5) is 5.69 Å². The first kappa shape index (κ1) is 25.2. The highest BCUT2D eigenvalue weighted by Gasteiger charge is 2.34. The molecule has 2 unspecified atom stereocenters. The van der Waals surface area contributed by atoms with Crippen LogP contribution < -0.4 is 9.64 Å². The Morgan fingerprint density at radius 1 is 0.943 bits per heavy atom. The molecular weight excluding hydrogens is 438 g/mol. The maximum atomic E-state index is 13.6. The van der Waals surface area contributed by atoms with Gasteiger partial charge >= 0.3 is 0 Å². The average molecular weight is 478 g/mol. The van der Waals surface area contributed by atoms with Crippen LogP contribution in [-0.4, -0.2) is 59.9 Å². The van der Waals surface area contributed by atoms with Crippen molar-refractivity contribution in [2.45, 2.75) is 71.5 Å². The largest absolute Gasteiger partial charge is 0.484 e. The van der Waals surface area contributed by atoms with Gasteiger partial charge in [-0.25, -0.2) is 0 Å². The Balaban J connectivity index is 1.66. The topological polar surface area (TPSA) is 53.1 Å². The van der Waals surface area contributed by atoms with Crippen LogP contribution in [0.5, 0.6) is 5.75 Å². The maximum absolute atomic E-state index is 13.6. The molecule has 2 bridgehead atoms. The van der Waals surface area contributed by atoms with Crippen LogP contribution in [0.25, 0.3) is 0 Å². The summed E-state index contributed by atoms with van der Waals surface area (Å²) in [5, 5.41) is 0. The van der Waals surface area contributed by atoms with Crippen LogP contribution in [0.2, 0.25) is 0 Å². The van der Waals surface area contributed by atoms with Crippen molar-refractivity contribution in [1.29, 1.82) is 0 Å². The summed E-state index contributed by atoms with van der Waals surface area (Å²) in [6.07, 6.45) is 4.81. The van der Waals surface area contributed by atoms with Gasteiger partial charge in [-0.05, 0) is 56.0 Å². The van der Waals surface area contributed by atoms with Crippen LogP contribution in [-0.2, 0) is 16.1 Å². The molecule has 6 heteroatoms. The first-order valence-corrected chi connectivity index (χ1v) is 13.1. The standard InChI is InChI=1S/C29H39N3O3/c1-4-28(33)32-18-17-24-13-10-14-25(31(24)5-2)20-30(19-23-12-7-8-15-26(23)32)29(34)21-35-27-16-9-6-11-22(27)3/h6-9,11-12,15-16,24-25H,4-5,10,13-14,17-21H2,1-3H3. The molecule has 2 atom stereocenters. The number of hydrogen-bond acceptors (Lipinski definition) is 4. The Labute approximate surface area is 209 Å². The molecule has 0 aliphatic carbocycles. The molecule has 0 saturated carbocycles. The number of aryl methyl sites for hydroxylation is 1. The van der Waals surface area contributed by atoms with Gasteiger partial charge in [-0.1, -0.05) is 56.7 Å². The first-order valence-electron chi connectivity index (χ1n) is 13.1. The van der Waals surface area contributed by atoms with E-state index >= 15 is 0 Å². The molecule has 2 aliphatic rings. The Morgan fingerprint density at radius 3 is 2.46 bits per heavy atom. The molecule has 35 heavy (non-hydrogen) atoms. The molecule has 1 saturated heterocycles. The lowest BCUT2D eigenvalue weighted by atomic mass is 9.93. The Hall–Kier alpha value is -2.86. The quantitative estimate of drug-likeness (QED) is 0.621. The fourth-order valence-electron chi connectivity index (χ4n) is 5.66. The molecule has 2 amide bonds. The first-order chi connectivity index (χ1) is 17.0. The van der Waals surface area contributed by atoms with Crippen molar-refractivity contribution >= 4 is 17.5 Å². The van der Waals surface area contributed by atoms with Crippen molar-refractivity contribution in [2.75, 3.05) is 31.1 Å². The predicted octanol–water partition coefficient (Wildman–Crippen LogP) is 4.79. The van der Waals surface area contributed by atoms with Crippen molar-refractivity contribution in [2.24, 2.45) is 0 Å². The van der Waals surface area contributed by atoms with Gasteiger partial charge in [-0.2, -0.15) is 0 Å². The minimum atomic E-state index is -0.0196. The Kier molecular flexibility index (Phi) is 8.45. The molecule has 188 valence electrons. The number of amides is 2. The van der Waals surface area contributed by atoms with Crippen molar-refractivity contribution in [3.05, 3.63) is 59.7 Å². The van der Waals surface area contributed by atoms with Crippen LogP contribution >= 0.6 is 0 Å². The summed E-state index contributed by atoms with van der Waals surface area (Å²) < 4.78 is 5.96. The summed E-state index contributed by atoms with van der Waals surface area (Å²) in [4.78, 5) is 33.1. The van der Waals surface area contributed by atoms with Gasteiger partial charge in [0.05, 0.1) is 0 Å². The van der Waals surface area contributed by atoms with Gasteiger partial charge in [-0.3, -0.25) is 14.5 Å². The van der Waals surface area contributed by atoms with Gasteiger partial charge < -0.3 is 14.5 Å². The van der Waals surface area contributed by atoms with E-state index in [0.717, 1.165) is 54.8 Å². The minimum absolute atomic E-state index is 0.00684. The fraction of sp³-hybridized carbons (Fsp3) is 0.517. The lowest BCUT2D eigenvalue weighted by molar-refractivity contribution is -0.135. The molecule has 4 rings (SSSR count). The number of para-hydroxylation sites is 2. The second kappa shape index (κ2) is 11.7. The molecule has 0 N–H and O–H groups in total. The summed E-state index contributed by atoms with van der Waals surface area (Å²) in [5.74, 6) is 0.855. The van der Waals surface area contributed by atoms with Gasteiger partial charge in [-0.15, -0.1) is 0 Å². The number of piperidine rings is 1. The lowest BCUT2D eigenvalue weighted by Gasteiger charge is -2.43. The van der Waals surface area contributed by atoms with E-state index in [4.69, 9.17) is 4.74 Å². The molecule has 2 aromatic carbocycles. The highest BCUT2D eigenvalue weighted by atomic mass is 16.5. The number of nitrogens with zero attached hydrogens (tertiary/aromatic N) is 3. The molecule has 1 fully saturated rings. The molecule has 6 nitrogen and oxygen atoms in total.